The Labute approximate surface area is 146 Å². The molecule has 0 spiro atoms. The number of benzene rings is 1. The zero-order chi connectivity index (χ0) is 16.9. The van der Waals surface area contributed by atoms with E-state index in [0.717, 1.165) is 11.3 Å². The third kappa shape index (κ3) is 2.68. The summed E-state index contributed by atoms with van der Waals surface area (Å²) in [5.74, 6) is 0. The number of hydrogen-bond acceptors (Lipinski definition) is 4. The second-order valence-corrected chi connectivity index (χ2v) is 8.46. The molecule has 0 N–H and O–H groups in total. The van der Waals surface area contributed by atoms with Gasteiger partial charge in [-0.05, 0) is 56.8 Å². The fourth-order valence-electron chi connectivity index (χ4n) is 2.88. The maximum atomic E-state index is 6.17. The molecule has 0 bridgehead atoms. The van der Waals surface area contributed by atoms with Crippen molar-refractivity contribution in [2.75, 3.05) is 0 Å². The first-order chi connectivity index (χ1) is 11.3. The minimum Gasteiger partial charge on any atom is -0.399 e. The fraction of sp³-hybridized carbons (Fsp3) is 0.389. The quantitative estimate of drug-likeness (QED) is 0.685. The zero-order valence-electron chi connectivity index (χ0n) is 14.4. The van der Waals surface area contributed by atoms with Crippen LogP contribution in [-0.4, -0.2) is 27.9 Å². The van der Waals surface area contributed by atoms with Gasteiger partial charge in [0.15, 0.2) is 0 Å². The van der Waals surface area contributed by atoms with Gasteiger partial charge in [0.25, 0.3) is 0 Å². The zero-order valence-corrected chi connectivity index (χ0v) is 15.3. The number of imidazole rings is 1. The van der Waals surface area contributed by atoms with Crippen LogP contribution in [0.1, 0.15) is 33.3 Å². The Morgan fingerprint density at radius 1 is 1.12 bits per heavy atom. The molecule has 3 heterocycles. The third-order valence-corrected chi connectivity index (χ3v) is 6.15. The molecule has 1 fully saturated rings. The molecule has 4 nitrogen and oxygen atoms in total. The van der Waals surface area contributed by atoms with Crippen LogP contribution in [-0.2, 0) is 15.9 Å². The van der Waals surface area contributed by atoms with E-state index in [2.05, 4.69) is 61.5 Å². The van der Waals surface area contributed by atoms with Gasteiger partial charge >= 0.3 is 7.12 Å². The highest BCUT2D eigenvalue weighted by Crippen LogP contribution is 2.37. The fourth-order valence-corrected chi connectivity index (χ4v) is 3.88. The van der Waals surface area contributed by atoms with E-state index in [4.69, 9.17) is 9.31 Å². The van der Waals surface area contributed by atoms with Gasteiger partial charge in [-0.3, -0.25) is 0 Å². The van der Waals surface area contributed by atoms with E-state index in [-0.39, 0.29) is 18.3 Å². The molecule has 0 radical (unpaired) electrons. The Morgan fingerprint density at radius 3 is 2.54 bits per heavy atom. The van der Waals surface area contributed by atoms with Crippen molar-refractivity contribution in [2.45, 2.75) is 45.4 Å². The summed E-state index contributed by atoms with van der Waals surface area (Å²) < 4.78 is 16.8. The Hall–Kier alpha value is -1.63. The Bertz CT molecular complexity index is 854. The molecule has 6 heteroatoms. The number of aromatic nitrogens is 2. The first-order valence-electron chi connectivity index (χ1n) is 8.18. The number of thiophene rings is 1. The Balaban J connectivity index is 1.62. The van der Waals surface area contributed by atoms with Crippen molar-refractivity contribution < 1.29 is 9.31 Å². The van der Waals surface area contributed by atoms with Gasteiger partial charge in [-0.1, -0.05) is 6.07 Å². The summed E-state index contributed by atoms with van der Waals surface area (Å²) >= 11 is 1.74. The first-order valence-corrected chi connectivity index (χ1v) is 8.99. The minimum atomic E-state index is -0.305. The molecule has 0 atom stereocenters. The molecule has 1 aliphatic rings. The average Bonchev–Trinajstić information content (AvgIpc) is 3.18. The van der Waals surface area contributed by atoms with Gasteiger partial charge in [0.2, 0.25) is 0 Å². The maximum Gasteiger partial charge on any atom is 0.505 e. The topological polar surface area (TPSA) is 36.3 Å². The van der Waals surface area contributed by atoms with Gasteiger partial charge < -0.3 is 13.9 Å². The largest absolute Gasteiger partial charge is 0.505 e. The predicted octanol–water partition coefficient (Wildman–Crippen LogP) is 3.45. The van der Waals surface area contributed by atoms with Crippen LogP contribution >= 0.6 is 11.3 Å². The lowest BCUT2D eigenvalue weighted by Crippen LogP contribution is -2.41. The molecule has 0 unspecified atom stereocenters. The highest BCUT2D eigenvalue weighted by atomic mass is 32.1. The monoisotopic (exact) mass is 340 g/mol. The molecule has 3 aromatic rings. The van der Waals surface area contributed by atoms with E-state index in [1.165, 1.54) is 15.6 Å². The van der Waals surface area contributed by atoms with Crippen LogP contribution in [0.3, 0.4) is 0 Å². The smallest absolute Gasteiger partial charge is 0.399 e. The van der Waals surface area contributed by atoms with Crippen molar-refractivity contribution >= 4 is 33.3 Å². The van der Waals surface area contributed by atoms with E-state index in [1.807, 2.05) is 12.5 Å². The summed E-state index contributed by atoms with van der Waals surface area (Å²) in [6, 6.07) is 8.79. The summed E-state index contributed by atoms with van der Waals surface area (Å²) in [4.78, 5) is 4.10. The average molecular weight is 340 g/mol. The summed E-state index contributed by atoms with van der Waals surface area (Å²) in [6.07, 6.45) is 5.63. The van der Waals surface area contributed by atoms with Gasteiger partial charge in [-0.15, -0.1) is 11.3 Å². The first kappa shape index (κ1) is 15.9. The van der Waals surface area contributed by atoms with Crippen LogP contribution in [0.15, 0.2) is 43.0 Å². The van der Waals surface area contributed by atoms with Crippen molar-refractivity contribution in [1.82, 2.24) is 9.55 Å². The lowest BCUT2D eigenvalue weighted by atomic mass is 9.87. The number of nitrogens with zero attached hydrogens (tertiary/aromatic N) is 2. The van der Waals surface area contributed by atoms with Crippen molar-refractivity contribution in [3.8, 4) is 0 Å². The molecule has 2 aromatic heterocycles. The second-order valence-electron chi connectivity index (χ2n) is 7.34. The van der Waals surface area contributed by atoms with Crippen LogP contribution in [0.5, 0.6) is 0 Å². The number of hydrogen-bond donors (Lipinski definition) is 0. The highest BCUT2D eigenvalue weighted by molar-refractivity contribution is 7.28. The van der Waals surface area contributed by atoms with Crippen LogP contribution in [0, 0.1) is 0 Å². The molecule has 1 aromatic carbocycles. The van der Waals surface area contributed by atoms with E-state index < -0.39 is 0 Å². The molecule has 4 rings (SSSR count). The SMILES string of the molecule is CC1(C)OB(c2cc3cc(Cn4ccnc4)ccc3s2)OC1(C)C. The normalized spacial score (nSPS) is 19.2. The molecule has 1 saturated heterocycles. The molecule has 0 amide bonds. The van der Waals surface area contributed by atoms with Crippen LogP contribution in [0.4, 0.5) is 0 Å². The van der Waals surface area contributed by atoms with E-state index >= 15 is 0 Å². The maximum absolute atomic E-state index is 6.17. The molecular formula is C18H21BN2O2S. The van der Waals surface area contributed by atoms with Crippen LogP contribution in [0.2, 0.25) is 0 Å². The Morgan fingerprint density at radius 2 is 1.88 bits per heavy atom. The lowest BCUT2D eigenvalue weighted by Gasteiger charge is -2.32. The van der Waals surface area contributed by atoms with E-state index in [9.17, 15) is 0 Å². The lowest BCUT2D eigenvalue weighted by molar-refractivity contribution is 0.00578. The summed E-state index contributed by atoms with van der Waals surface area (Å²) in [5.41, 5.74) is 0.652. The van der Waals surface area contributed by atoms with Crippen LogP contribution in [0.25, 0.3) is 10.1 Å². The summed E-state index contributed by atoms with van der Waals surface area (Å²) in [5, 5.41) is 1.24. The van der Waals surface area contributed by atoms with Gasteiger partial charge in [0.05, 0.1) is 17.5 Å². The van der Waals surface area contributed by atoms with E-state index in [1.54, 1.807) is 17.5 Å². The molecule has 0 aliphatic carbocycles. The molecule has 124 valence electrons. The minimum absolute atomic E-state index is 0.288. The highest BCUT2D eigenvalue weighted by Gasteiger charge is 2.52. The molecule has 1 aliphatic heterocycles. The van der Waals surface area contributed by atoms with E-state index in [0.29, 0.717) is 0 Å². The summed E-state index contributed by atoms with van der Waals surface area (Å²) in [6.45, 7) is 9.18. The van der Waals surface area contributed by atoms with Gasteiger partial charge in [-0.25, -0.2) is 4.98 Å². The second kappa shape index (κ2) is 5.44. The van der Waals surface area contributed by atoms with Gasteiger partial charge in [-0.2, -0.15) is 0 Å². The number of rotatable bonds is 3. The van der Waals surface area contributed by atoms with Crippen molar-refractivity contribution in [1.29, 1.82) is 0 Å². The van der Waals surface area contributed by atoms with Crippen LogP contribution < -0.4 is 4.78 Å². The number of fused-ring (bicyclic) bond motifs is 1. The van der Waals surface area contributed by atoms with Gasteiger partial charge in [0, 0.05) is 28.4 Å². The van der Waals surface area contributed by atoms with Crippen molar-refractivity contribution in [3.63, 3.8) is 0 Å². The molecule has 0 saturated carbocycles. The summed E-state index contributed by atoms with van der Waals surface area (Å²) in [7, 11) is -0.288. The van der Waals surface area contributed by atoms with Gasteiger partial charge in [0.1, 0.15) is 0 Å². The Kier molecular flexibility index (Phi) is 3.60. The standard InChI is InChI=1S/C18H21BN2O2S/c1-17(2)18(3,4)23-19(22-17)16-10-14-9-13(5-6-15(14)24-16)11-21-8-7-20-12-21/h5-10,12H,11H2,1-4H3. The third-order valence-electron chi connectivity index (χ3n) is 5.01. The predicted molar refractivity (Wildman–Crippen MR) is 98.9 cm³/mol. The van der Waals surface area contributed by atoms with Crippen molar-refractivity contribution in [2.24, 2.45) is 0 Å². The molecular weight excluding hydrogens is 319 g/mol. The molecule has 24 heavy (non-hydrogen) atoms. The van der Waals surface area contributed by atoms with Crippen molar-refractivity contribution in [3.05, 3.63) is 48.5 Å².